The Balaban J connectivity index is 1.93. The number of benzene rings is 1. The van der Waals surface area contributed by atoms with Gasteiger partial charge in [-0.3, -0.25) is 11.3 Å². The molecular formula is C14H18N2O. The summed E-state index contributed by atoms with van der Waals surface area (Å²) in [4.78, 5) is 0. The predicted octanol–water partition coefficient (Wildman–Crippen LogP) is 1.63. The number of nitrogens with one attached hydrogen (secondary N) is 1. The van der Waals surface area contributed by atoms with E-state index in [0.29, 0.717) is 0 Å². The van der Waals surface area contributed by atoms with Gasteiger partial charge in [-0.25, -0.2) is 0 Å². The van der Waals surface area contributed by atoms with Gasteiger partial charge >= 0.3 is 0 Å². The normalized spacial score (nSPS) is 19.2. The van der Waals surface area contributed by atoms with E-state index >= 15 is 0 Å². The maximum Gasteiger partial charge on any atom is 0.123 e. The van der Waals surface area contributed by atoms with E-state index in [0.717, 1.165) is 31.4 Å². The molecule has 0 saturated carbocycles. The van der Waals surface area contributed by atoms with Crippen LogP contribution in [0.4, 0.5) is 0 Å². The molecule has 1 aliphatic rings. The Labute approximate surface area is 102 Å². The minimum atomic E-state index is 0.121. The van der Waals surface area contributed by atoms with Crippen LogP contribution in [0.3, 0.4) is 0 Å². The minimum absolute atomic E-state index is 0.121. The molecule has 0 amide bonds. The topological polar surface area (TPSA) is 47.3 Å². The van der Waals surface area contributed by atoms with Gasteiger partial charge in [0.05, 0.1) is 6.04 Å². The highest BCUT2D eigenvalue weighted by molar-refractivity contribution is 5.37. The number of hydrogen-bond acceptors (Lipinski definition) is 3. The van der Waals surface area contributed by atoms with Crippen LogP contribution in [0.2, 0.25) is 0 Å². The van der Waals surface area contributed by atoms with Gasteiger partial charge in [-0.15, -0.1) is 12.3 Å². The number of para-hydroxylation sites is 1. The average Bonchev–Trinajstić information content (AvgIpc) is 2.78. The molecule has 1 heterocycles. The summed E-state index contributed by atoms with van der Waals surface area (Å²) in [5.74, 6) is 9.21. The van der Waals surface area contributed by atoms with Crippen LogP contribution in [0.25, 0.3) is 0 Å². The molecule has 0 aliphatic carbocycles. The summed E-state index contributed by atoms with van der Waals surface area (Å²) in [7, 11) is 0. The van der Waals surface area contributed by atoms with E-state index in [1.807, 2.05) is 18.2 Å². The van der Waals surface area contributed by atoms with Crippen molar-refractivity contribution >= 4 is 0 Å². The number of unbranched alkanes of at least 4 members (excludes halogenated alkanes) is 1. The molecule has 2 rings (SSSR count). The molecule has 17 heavy (non-hydrogen) atoms. The van der Waals surface area contributed by atoms with Crippen LogP contribution >= 0.6 is 0 Å². The van der Waals surface area contributed by atoms with E-state index < -0.39 is 0 Å². The number of nitrogens with two attached hydrogens (primary N) is 1. The molecule has 3 N–H and O–H groups in total. The Morgan fingerprint density at radius 1 is 1.53 bits per heavy atom. The molecule has 1 aliphatic heterocycles. The number of rotatable bonds is 5. The highest BCUT2D eigenvalue weighted by Crippen LogP contribution is 2.30. The van der Waals surface area contributed by atoms with Gasteiger partial charge in [-0.05, 0) is 24.5 Å². The smallest absolute Gasteiger partial charge is 0.123 e. The summed E-state index contributed by atoms with van der Waals surface area (Å²) in [5, 5.41) is 0. The van der Waals surface area contributed by atoms with Crippen LogP contribution in [0, 0.1) is 12.3 Å². The Morgan fingerprint density at radius 3 is 3.06 bits per heavy atom. The largest absolute Gasteiger partial charge is 0.488 e. The molecule has 90 valence electrons. The Bertz CT molecular complexity index is 386. The average molecular weight is 230 g/mol. The second-order valence-corrected chi connectivity index (χ2v) is 4.34. The lowest BCUT2D eigenvalue weighted by Gasteiger charge is -2.22. The molecule has 0 spiro atoms. The van der Waals surface area contributed by atoms with Crippen molar-refractivity contribution in [3.8, 4) is 18.1 Å². The Kier molecular flexibility index (Phi) is 4.03. The molecule has 2 atom stereocenters. The van der Waals surface area contributed by atoms with Crippen LogP contribution in [0.5, 0.6) is 5.75 Å². The van der Waals surface area contributed by atoms with Gasteiger partial charge in [-0.1, -0.05) is 18.2 Å². The summed E-state index contributed by atoms with van der Waals surface area (Å²) in [6.07, 6.45) is 8.99. The third kappa shape index (κ3) is 2.79. The second kappa shape index (κ2) is 5.72. The van der Waals surface area contributed by atoms with Crippen molar-refractivity contribution in [2.45, 2.75) is 37.8 Å². The van der Waals surface area contributed by atoms with Crippen molar-refractivity contribution < 1.29 is 4.74 Å². The Hall–Kier alpha value is -1.50. The number of fused-ring (bicyclic) bond motifs is 1. The van der Waals surface area contributed by atoms with Gasteiger partial charge in [0.15, 0.2) is 0 Å². The van der Waals surface area contributed by atoms with Crippen molar-refractivity contribution in [3.05, 3.63) is 29.8 Å². The number of terminal acetylenes is 1. The van der Waals surface area contributed by atoms with Crippen molar-refractivity contribution in [3.63, 3.8) is 0 Å². The highest BCUT2D eigenvalue weighted by Gasteiger charge is 2.28. The first-order chi connectivity index (χ1) is 8.35. The van der Waals surface area contributed by atoms with Gasteiger partial charge in [0.1, 0.15) is 11.9 Å². The number of ether oxygens (including phenoxy) is 1. The van der Waals surface area contributed by atoms with Crippen LogP contribution < -0.4 is 16.0 Å². The lowest BCUT2D eigenvalue weighted by Crippen LogP contribution is -2.46. The lowest BCUT2D eigenvalue weighted by atomic mass is 10.0. The molecule has 3 heteroatoms. The van der Waals surface area contributed by atoms with Crippen molar-refractivity contribution in [1.29, 1.82) is 0 Å². The molecule has 0 saturated heterocycles. The van der Waals surface area contributed by atoms with E-state index in [9.17, 15) is 0 Å². The molecule has 0 aromatic heterocycles. The third-order valence-corrected chi connectivity index (χ3v) is 3.17. The first kappa shape index (κ1) is 12.0. The molecule has 0 fully saturated rings. The lowest BCUT2D eigenvalue weighted by molar-refractivity contribution is 0.171. The zero-order valence-corrected chi connectivity index (χ0v) is 9.86. The minimum Gasteiger partial charge on any atom is -0.488 e. The summed E-state index contributed by atoms with van der Waals surface area (Å²) in [6.45, 7) is 0. The second-order valence-electron chi connectivity index (χ2n) is 4.34. The van der Waals surface area contributed by atoms with Crippen molar-refractivity contribution in [2.24, 2.45) is 5.84 Å². The van der Waals surface area contributed by atoms with E-state index in [4.69, 9.17) is 17.0 Å². The van der Waals surface area contributed by atoms with Gasteiger partial charge in [-0.2, -0.15) is 0 Å². The van der Waals surface area contributed by atoms with E-state index in [2.05, 4.69) is 17.4 Å². The molecule has 0 radical (unpaired) electrons. The van der Waals surface area contributed by atoms with E-state index in [-0.39, 0.29) is 12.1 Å². The maximum atomic E-state index is 5.90. The third-order valence-electron chi connectivity index (χ3n) is 3.17. The molecule has 1 aromatic rings. The van der Waals surface area contributed by atoms with Crippen LogP contribution in [0.15, 0.2) is 24.3 Å². The first-order valence-corrected chi connectivity index (χ1v) is 5.99. The maximum absolute atomic E-state index is 5.90. The fourth-order valence-corrected chi connectivity index (χ4v) is 2.23. The zero-order valence-electron chi connectivity index (χ0n) is 9.86. The van der Waals surface area contributed by atoms with Crippen LogP contribution in [0.1, 0.15) is 24.8 Å². The Morgan fingerprint density at radius 2 is 2.35 bits per heavy atom. The summed E-state index contributed by atoms with van der Waals surface area (Å²) >= 11 is 0. The molecule has 1 aromatic carbocycles. The first-order valence-electron chi connectivity index (χ1n) is 5.99. The van der Waals surface area contributed by atoms with Gasteiger partial charge in [0.2, 0.25) is 0 Å². The van der Waals surface area contributed by atoms with Crippen molar-refractivity contribution in [2.75, 3.05) is 0 Å². The fourth-order valence-electron chi connectivity index (χ4n) is 2.23. The monoisotopic (exact) mass is 230 g/mol. The number of hydrazine groups is 1. The van der Waals surface area contributed by atoms with Crippen LogP contribution in [-0.2, 0) is 6.42 Å². The molecule has 3 nitrogen and oxygen atoms in total. The van der Waals surface area contributed by atoms with Crippen LogP contribution in [-0.4, -0.2) is 12.1 Å². The summed E-state index contributed by atoms with van der Waals surface area (Å²) in [5.41, 5.74) is 4.10. The van der Waals surface area contributed by atoms with Crippen molar-refractivity contribution in [1.82, 2.24) is 5.43 Å². The fraction of sp³-hybridized carbons (Fsp3) is 0.429. The quantitative estimate of drug-likeness (QED) is 0.350. The van der Waals surface area contributed by atoms with E-state index in [1.54, 1.807) is 0 Å². The summed E-state index contributed by atoms with van der Waals surface area (Å²) in [6, 6.07) is 8.29. The molecular weight excluding hydrogens is 212 g/mol. The standard InChI is InChI=1S/C14H18N2O/c1-2-3-4-8-12(16-15)14-10-11-7-5-6-9-13(11)17-14/h1,5-7,9,12,14,16H,3-4,8,10,15H2. The predicted molar refractivity (Wildman–Crippen MR) is 68.4 cm³/mol. The van der Waals surface area contributed by atoms with Gasteiger partial charge in [0.25, 0.3) is 0 Å². The SMILES string of the molecule is C#CCCCC(NN)C1Cc2ccccc2O1. The highest BCUT2D eigenvalue weighted by atomic mass is 16.5. The van der Waals surface area contributed by atoms with E-state index in [1.165, 1.54) is 5.56 Å². The summed E-state index contributed by atoms with van der Waals surface area (Å²) < 4.78 is 5.90. The number of hydrogen-bond donors (Lipinski definition) is 2. The molecule has 2 unspecified atom stereocenters. The van der Waals surface area contributed by atoms with Gasteiger partial charge < -0.3 is 4.74 Å². The molecule has 0 bridgehead atoms. The van der Waals surface area contributed by atoms with Gasteiger partial charge in [0, 0.05) is 12.8 Å². The zero-order chi connectivity index (χ0) is 12.1.